The van der Waals surface area contributed by atoms with Gasteiger partial charge in [-0.2, -0.15) is 0 Å². The lowest BCUT2D eigenvalue weighted by molar-refractivity contribution is -0.127. The van der Waals surface area contributed by atoms with E-state index in [0.29, 0.717) is 11.3 Å². The molecular formula is C27H29FN4O4. The molecule has 0 aliphatic carbocycles. The number of likely N-dealkylation sites (N-methyl/N-ethyl adjacent to an activating group) is 1. The van der Waals surface area contributed by atoms with Crippen molar-refractivity contribution < 1.29 is 23.5 Å². The van der Waals surface area contributed by atoms with Crippen LogP contribution in [0.1, 0.15) is 38.8 Å². The van der Waals surface area contributed by atoms with Gasteiger partial charge in [0.05, 0.1) is 18.3 Å². The number of ether oxygens (including phenoxy) is 1. The lowest BCUT2D eigenvalue weighted by atomic mass is 9.87. The smallest absolute Gasteiger partial charge is 0.329 e. The van der Waals surface area contributed by atoms with Gasteiger partial charge < -0.3 is 20.3 Å². The number of halogens is 1. The zero-order chi connectivity index (χ0) is 26.2. The van der Waals surface area contributed by atoms with Gasteiger partial charge >= 0.3 is 6.03 Å². The number of allylic oxidation sites excluding steroid dienone is 1. The van der Waals surface area contributed by atoms with Crippen LogP contribution in [0.5, 0.6) is 5.75 Å². The first-order chi connectivity index (χ1) is 17.1. The Morgan fingerprint density at radius 2 is 1.94 bits per heavy atom. The average molecular weight is 493 g/mol. The van der Waals surface area contributed by atoms with E-state index < -0.39 is 30.2 Å². The van der Waals surface area contributed by atoms with Gasteiger partial charge in [-0.15, -0.1) is 0 Å². The van der Waals surface area contributed by atoms with Crippen LogP contribution in [-0.2, 0) is 9.59 Å². The van der Waals surface area contributed by atoms with Crippen LogP contribution < -0.4 is 20.3 Å². The first kappa shape index (κ1) is 25.0. The highest BCUT2D eigenvalue weighted by molar-refractivity contribution is 6.16. The minimum atomic E-state index is -0.734. The maximum Gasteiger partial charge on any atom is 0.329 e. The van der Waals surface area contributed by atoms with E-state index in [1.165, 1.54) is 24.3 Å². The molecule has 4 amide bonds. The SMILES string of the molecule is CCN1c2cc(OC)c(/C=C3/NC(=O)N(CC(=O)Nc4ccccc4F)C3=O)cc2C(C)=CC1(C)C. The Bertz CT molecular complexity index is 1310. The summed E-state index contributed by atoms with van der Waals surface area (Å²) in [5.41, 5.74) is 3.54. The number of carbonyl (C=O) groups excluding carboxylic acids is 3. The van der Waals surface area contributed by atoms with Gasteiger partial charge in [0.2, 0.25) is 5.91 Å². The number of fused-ring (bicyclic) bond motifs is 1. The van der Waals surface area contributed by atoms with Gasteiger partial charge in [-0.25, -0.2) is 14.1 Å². The topological polar surface area (TPSA) is 91.0 Å². The molecule has 0 bridgehead atoms. The number of methoxy groups -OCH3 is 1. The predicted molar refractivity (Wildman–Crippen MR) is 137 cm³/mol. The third-order valence-corrected chi connectivity index (χ3v) is 6.36. The number of amides is 4. The second kappa shape index (κ2) is 9.49. The molecule has 2 aromatic rings. The predicted octanol–water partition coefficient (Wildman–Crippen LogP) is 4.39. The van der Waals surface area contributed by atoms with Crippen molar-refractivity contribution in [3.8, 4) is 5.75 Å². The third-order valence-electron chi connectivity index (χ3n) is 6.36. The van der Waals surface area contributed by atoms with Crippen molar-refractivity contribution in [3.63, 3.8) is 0 Å². The fourth-order valence-corrected chi connectivity index (χ4v) is 4.76. The molecule has 2 aliphatic heterocycles. The van der Waals surface area contributed by atoms with Crippen LogP contribution in [0.3, 0.4) is 0 Å². The number of hydrogen-bond acceptors (Lipinski definition) is 5. The van der Waals surface area contributed by atoms with Crippen molar-refractivity contribution >= 4 is 40.9 Å². The Kier molecular flexibility index (Phi) is 6.58. The van der Waals surface area contributed by atoms with Gasteiger partial charge in [0.15, 0.2) is 0 Å². The quantitative estimate of drug-likeness (QED) is 0.461. The van der Waals surface area contributed by atoms with Crippen LogP contribution in [-0.4, -0.2) is 48.5 Å². The van der Waals surface area contributed by atoms with Crippen LogP contribution >= 0.6 is 0 Å². The van der Waals surface area contributed by atoms with Gasteiger partial charge in [0, 0.05) is 29.4 Å². The minimum absolute atomic E-state index is 0.0158. The van der Waals surface area contributed by atoms with Crippen LogP contribution in [0.4, 0.5) is 20.6 Å². The molecule has 2 heterocycles. The second-order valence-electron chi connectivity index (χ2n) is 9.24. The van der Waals surface area contributed by atoms with Gasteiger partial charge in [-0.1, -0.05) is 18.2 Å². The monoisotopic (exact) mass is 492 g/mol. The number of urea groups is 1. The lowest BCUT2D eigenvalue weighted by Gasteiger charge is -2.43. The van der Waals surface area contributed by atoms with Crippen molar-refractivity contribution in [3.05, 3.63) is 65.1 Å². The van der Waals surface area contributed by atoms with Crippen molar-refractivity contribution in [2.24, 2.45) is 0 Å². The summed E-state index contributed by atoms with van der Waals surface area (Å²) >= 11 is 0. The molecule has 0 atom stereocenters. The number of hydrogen-bond donors (Lipinski definition) is 2. The number of nitrogens with zero attached hydrogens (tertiary/aromatic N) is 2. The highest BCUT2D eigenvalue weighted by Crippen LogP contribution is 2.42. The number of anilines is 2. The van der Waals surface area contributed by atoms with Gasteiger partial charge in [-0.05, 0) is 57.5 Å². The minimum Gasteiger partial charge on any atom is -0.496 e. The molecule has 8 nitrogen and oxygen atoms in total. The van der Waals surface area contributed by atoms with Gasteiger partial charge in [0.25, 0.3) is 5.91 Å². The number of benzene rings is 2. The van der Waals surface area contributed by atoms with Crippen molar-refractivity contribution in [2.45, 2.75) is 33.2 Å². The summed E-state index contributed by atoms with van der Waals surface area (Å²) in [6.45, 7) is 8.66. The molecule has 2 aliphatic rings. The molecule has 0 saturated carbocycles. The number of para-hydroxylation sites is 1. The van der Waals surface area contributed by atoms with E-state index in [9.17, 15) is 18.8 Å². The van der Waals surface area contributed by atoms with Crippen molar-refractivity contribution in [1.29, 1.82) is 0 Å². The Hall–Kier alpha value is -4.14. The molecule has 0 aromatic heterocycles. The normalized spacial score (nSPS) is 17.6. The molecule has 1 saturated heterocycles. The molecule has 2 aromatic carbocycles. The largest absolute Gasteiger partial charge is 0.496 e. The third kappa shape index (κ3) is 4.56. The van der Waals surface area contributed by atoms with Gasteiger partial charge in [0.1, 0.15) is 23.8 Å². The van der Waals surface area contributed by atoms with E-state index in [-0.39, 0.29) is 16.9 Å². The van der Waals surface area contributed by atoms with Crippen LogP contribution in [0, 0.1) is 5.82 Å². The highest BCUT2D eigenvalue weighted by atomic mass is 19.1. The summed E-state index contributed by atoms with van der Waals surface area (Å²) in [6.07, 6.45) is 3.73. The maximum absolute atomic E-state index is 13.8. The highest BCUT2D eigenvalue weighted by Gasteiger charge is 2.36. The summed E-state index contributed by atoms with van der Waals surface area (Å²) < 4.78 is 19.4. The molecule has 188 valence electrons. The summed E-state index contributed by atoms with van der Waals surface area (Å²) in [7, 11) is 1.55. The van der Waals surface area contributed by atoms with E-state index in [0.717, 1.165) is 28.3 Å². The summed E-state index contributed by atoms with van der Waals surface area (Å²) in [5, 5.41) is 4.90. The zero-order valence-corrected chi connectivity index (χ0v) is 20.9. The molecule has 2 N–H and O–H groups in total. The fourth-order valence-electron chi connectivity index (χ4n) is 4.76. The molecule has 1 fully saturated rings. The Morgan fingerprint density at radius 3 is 2.61 bits per heavy atom. The lowest BCUT2D eigenvalue weighted by Crippen LogP contribution is -2.44. The number of imide groups is 1. The Morgan fingerprint density at radius 1 is 1.22 bits per heavy atom. The number of rotatable bonds is 6. The van der Waals surface area contributed by atoms with E-state index >= 15 is 0 Å². The van der Waals surface area contributed by atoms with Crippen LogP contribution in [0.25, 0.3) is 11.6 Å². The standard InChI is InChI=1S/C27H29FN4O4/c1-6-32-22-13-23(36-5)17(11-18(22)16(2)14-27(32,3)4)12-21-25(34)31(26(35)30-21)15-24(33)29-20-10-8-7-9-19(20)28/h7-14H,6,15H2,1-5H3,(H,29,33)(H,30,35)/b21-12+. The maximum atomic E-state index is 13.8. The fraction of sp³-hybridized carbons (Fsp3) is 0.296. The molecule has 0 unspecified atom stereocenters. The molecule has 0 radical (unpaired) electrons. The number of carbonyl (C=O) groups is 3. The zero-order valence-electron chi connectivity index (χ0n) is 20.9. The second-order valence-corrected chi connectivity index (χ2v) is 9.24. The Labute approximate surface area is 209 Å². The van der Waals surface area contributed by atoms with E-state index in [4.69, 9.17) is 4.74 Å². The van der Waals surface area contributed by atoms with Crippen LogP contribution in [0.2, 0.25) is 0 Å². The summed E-state index contributed by atoms with van der Waals surface area (Å²) in [6, 6.07) is 8.78. The van der Waals surface area contributed by atoms with E-state index in [1.54, 1.807) is 13.2 Å². The van der Waals surface area contributed by atoms with Gasteiger partial charge in [-0.3, -0.25) is 9.59 Å². The molecule has 36 heavy (non-hydrogen) atoms. The summed E-state index contributed by atoms with van der Waals surface area (Å²) in [4.78, 5) is 40.9. The Balaban J connectivity index is 1.61. The van der Waals surface area contributed by atoms with E-state index in [1.807, 2.05) is 19.1 Å². The number of nitrogens with one attached hydrogen (secondary N) is 2. The average Bonchev–Trinajstić information content (AvgIpc) is 3.07. The molecule has 0 spiro atoms. The first-order valence-electron chi connectivity index (χ1n) is 11.6. The molecule has 4 rings (SSSR count). The summed E-state index contributed by atoms with van der Waals surface area (Å²) in [5.74, 6) is -1.42. The van der Waals surface area contributed by atoms with Crippen molar-refractivity contribution in [2.75, 3.05) is 30.4 Å². The first-order valence-corrected chi connectivity index (χ1v) is 11.6. The molecule has 9 heteroatoms. The van der Waals surface area contributed by atoms with Crippen LogP contribution in [0.15, 0.2) is 48.2 Å². The van der Waals surface area contributed by atoms with E-state index in [2.05, 4.69) is 42.4 Å². The van der Waals surface area contributed by atoms with Crippen molar-refractivity contribution in [1.82, 2.24) is 10.2 Å². The molecular weight excluding hydrogens is 463 g/mol.